The minimum atomic E-state index is -0.779. The molecular weight excluding hydrogens is 949 g/mol. The highest BCUT2D eigenvalue weighted by molar-refractivity contribution is 5.71. The maximum atomic E-state index is 12.9. The molecule has 0 aromatic rings. The third-order valence-electron chi connectivity index (χ3n) is 15.0. The Morgan fingerprint density at radius 2 is 0.506 bits per heavy atom. The van der Waals surface area contributed by atoms with E-state index in [0.29, 0.717) is 19.3 Å². The van der Waals surface area contributed by atoms with Crippen LogP contribution in [-0.4, -0.2) is 37.2 Å². The molecule has 0 aliphatic rings. The predicted octanol–water partition coefficient (Wildman–Crippen LogP) is 23.1. The number of esters is 3. The summed E-state index contributed by atoms with van der Waals surface area (Å²) in [6.45, 7) is 6.57. The van der Waals surface area contributed by atoms with Crippen molar-refractivity contribution in [3.8, 4) is 0 Å². The van der Waals surface area contributed by atoms with Crippen LogP contribution in [0, 0.1) is 0 Å². The van der Waals surface area contributed by atoms with Crippen molar-refractivity contribution in [1.29, 1.82) is 0 Å². The molecule has 448 valence electrons. The van der Waals surface area contributed by atoms with Crippen LogP contribution < -0.4 is 0 Å². The molecule has 0 N–H and O–H groups in total. The quantitative estimate of drug-likeness (QED) is 0.0261. The normalized spacial score (nSPS) is 12.4. The second-order valence-electron chi connectivity index (χ2n) is 22.7. The molecule has 0 bridgehead atoms. The van der Waals surface area contributed by atoms with Gasteiger partial charge in [-0.1, -0.05) is 313 Å². The molecule has 0 aliphatic heterocycles. The van der Waals surface area contributed by atoms with Crippen molar-refractivity contribution < 1.29 is 28.6 Å². The zero-order valence-corrected chi connectivity index (χ0v) is 51.5. The van der Waals surface area contributed by atoms with E-state index in [1.165, 1.54) is 225 Å². The molecule has 0 rings (SSSR count). The van der Waals surface area contributed by atoms with Crippen molar-refractivity contribution in [3.05, 3.63) is 60.8 Å². The first-order valence-corrected chi connectivity index (χ1v) is 33.8. The standard InChI is InChI=1S/C71H128O6/c1-4-7-10-13-16-19-22-25-28-30-32-34-35-37-38-40-43-46-49-52-55-58-61-64-70(73)76-67-68(66-75-69(72)63-60-57-54-51-48-45-42-27-24-21-18-15-12-9-6-3)77-71(74)65-62-59-56-53-50-47-44-41-39-36-33-31-29-26-23-20-17-14-11-8-5-2/h7,10,16,19,25,27-28,32,34,42,68H,4-6,8-9,11-15,17-18,20-24,26,29-31,33,35-41,43-67H2,1-3H3/b10-7-,19-16-,28-25-,34-32-,42-27-. The van der Waals surface area contributed by atoms with Gasteiger partial charge in [0, 0.05) is 19.3 Å². The van der Waals surface area contributed by atoms with Crippen LogP contribution in [0.2, 0.25) is 0 Å². The molecule has 1 unspecified atom stereocenters. The van der Waals surface area contributed by atoms with Gasteiger partial charge >= 0.3 is 17.9 Å². The van der Waals surface area contributed by atoms with Gasteiger partial charge in [0.2, 0.25) is 0 Å². The van der Waals surface area contributed by atoms with Crippen LogP contribution in [0.25, 0.3) is 0 Å². The number of rotatable bonds is 62. The monoisotopic (exact) mass is 1080 g/mol. The summed E-state index contributed by atoms with van der Waals surface area (Å²) >= 11 is 0. The average Bonchev–Trinajstić information content (AvgIpc) is 3.43. The van der Waals surface area contributed by atoms with Gasteiger partial charge in [0.1, 0.15) is 13.2 Å². The molecule has 0 heterocycles. The summed E-state index contributed by atoms with van der Waals surface area (Å²) in [5.74, 6) is -0.865. The molecule has 0 radical (unpaired) electrons. The van der Waals surface area contributed by atoms with Crippen molar-refractivity contribution in [2.75, 3.05) is 13.2 Å². The fourth-order valence-corrected chi connectivity index (χ4v) is 9.96. The number of carbonyl (C=O) groups excluding carboxylic acids is 3. The van der Waals surface area contributed by atoms with Crippen molar-refractivity contribution in [2.24, 2.45) is 0 Å². The average molecular weight is 1080 g/mol. The van der Waals surface area contributed by atoms with E-state index in [1.807, 2.05) is 0 Å². The summed E-state index contributed by atoms with van der Waals surface area (Å²) in [7, 11) is 0. The zero-order chi connectivity index (χ0) is 55.7. The summed E-state index contributed by atoms with van der Waals surface area (Å²) in [6.07, 6.45) is 83.8. The third kappa shape index (κ3) is 63.8. The van der Waals surface area contributed by atoms with Crippen molar-refractivity contribution in [1.82, 2.24) is 0 Å². The first-order valence-electron chi connectivity index (χ1n) is 33.8. The Labute approximate surface area is 479 Å². The highest BCUT2D eigenvalue weighted by Crippen LogP contribution is 2.18. The lowest BCUT2D eigenvalue weighted by Crippen LogP contribution is -2.30. The molecule has 77 heavy (non-hydrogen) atoms. The van der Waals surface area contributed by atoms with Gasteiger partial charge in [0.15, 0.2) is 6.10 Å². The zero-order valence-electron chi connectivity index (χ0n) is 51.5. The Kier molecular flexibility index (Phi) is 63.2. The van der Waals surface area contributed by atoms with Crippen LogP contribution >= 0.6 is 0 Å². The molecule has 1 atom stereocenters. The van der Waals surface area contributed by atoms with E-state index < -0.39 is 6.10 Å². The van der Waals surface area contributed by atoms with E-state index in [1.54, 1.807) is 0 Å². The van der Waals surface area contributed by atoms with Crippen LogP contribution in [0.4, 0.5) is 0 Å². The molecule has 0 aliphatic carbocycles. The number of allylic oxidation sites excluding steroid dienone is 10. The smallest absolute Gasteiger partial charge is 0.306 e. The van der Waals surface area contributed by atoms with Crippen molar-refractivity contribution >= 4 is 17.9 Å². The minimum absolute atomic E-state index is 0.0754. The van der Waals surface area contributed by atoms with Gasteiger partial charge in [-0.3, -0.25) is 14.4 Å². The molecule has 0 saturated carbocycles. The maximum absolute atomic E-state index is 12.9. The van der Waals surface area contributed by atoms with Crippen LogP contribution in [0.15, 0.2) is 60.8 Å². The summed E-state index contributed by atoms with van der Waals surface area (Å²) in [6, 6.07) is 0. The highest BCUT2D eigenvalue weighted by Gasteiger charge is 2.19. The van der Waals surface area contributed by atoms with E-state index >= 15 is 0 Å². The first-order chi connectivity index (χ1) is 38.0. The molecular formula is C71H128O6. The van der Waals surface area contributed by atoms with Crippen molar-refractivity contribution in [3.63, 3.8) is 0 Å². The summed E-state index contributed by atoms with van der Waals surface area (Å²) in [5.41, 5.74) is 0. The Bertz CT molecular complexity index is 1380. The topological polar surface area (TPSA) is 78.9 Å². The van der Waals surface area contributed by atoms with Crippen molar-refractivity contribution in [2.45, 2.75) is 361 Å². The second-order valence-corrected chi connectivity index (χ2v) is 22.7. The second kappa shape index (κ2) is 65.6. The Balaban J connectivity index is 4.32. The molecule has 0 fully saturated rings. The van der Waals surface area contributed by atoms with Gasteiger partial charge in [-0.25, -0.2) is 0 Å². The lowest BCUT2D eigenvalue weighted by molar-refractivity contribution is -0.167. The fraction of sp³-hybridized carbons (Fsp3) is 0.817. The fourth-order valence-electron chi connectivity index (χ4n) is 9.96. The van der Waals surface area contributed by atoms with Crippen LogP contribution in [-0.2, 0) is 28.6 Å². The van der Waals surface area contributed by atoms with E-state index in [4.69, 9.17) is 14.2 Å². The maximum Gasteiger partial charge on any atom is 0.306 e. The van der Waals surface area contributed by atoms with Crippen LogP contribution in [0.5, 0.6) is 0 Å². The van der Waals surface area contributed by atoms with Crippen LogP contribution in [0.1, 0.15) is 355 Å². The SMILES string of the molecule is CC/C=C\C/C=C\C/C=C\C/C=C\CCCCCCCCCCCCC(=O)OCC(COC(=O)CCCCCCC/C=C\CCCCCCCC)OC(=O)CCCCCCCCCCCCCCCCCCCCCCC. The van der Waals surface area contributed by atoms with Gasteiger partial charge in [0.25, 0.3) is 0 Å². The molecule has 0 amide bonds. The Morgan fingerprint density at radius 1 is 0.273 bits per heavy atom. The molecule has 0 aromatic heterocycles. The number of hydrogen-bond donors (Lipinski definition) is 0. The van der Waals surface area contributed by atoms with Gasteiger partial charge in [-0.2, -0.15) is 0 Å². The summed E-state index contributed by atoms with van der Waals surface area (Å²) in [5, 5.41) is 0. The lowest BCUT2D eigenvalue weighted by atomic mass is 10.0. The summed E-state index contributed by atoms with van der Waals surface area (Å²) in [4.78, 5) is 38.4. The first kappa shape index (κ1) is 74.1. The van der Waals surface area contributed by atoms with Gasteiger partial charge in [-0.15, -0.1) is 0 Å². The molecule has 6 heteroatoms. The minimum Gasteiger partial charge on any atom is -0.462 e. The lowest BCUT2D eigenvalue weighted by Gasteiger charge is -2.18. The number of ether oxygens (including phenoxy) is 3. The van der Waals surface area contributed by atoms with Crippen LogP contribution in [0.3, 0.4) is 0 Å². The Hall–Kier alpha value is -2.89. The number of unbranched alkanes of at least 4 members (excludes halogenated alkanes) is 41. The Morgan fingerprint density at radius 3 is 0.805 bits per heavy atom. The third-order valence-corrected chi connectivity index (χ3v) is 15.0. The van der Waals surface area contributed by atoms with E-state index in [2.05, 4.69) is 81.5 Å². The predicted molar refractivity (Wildman–Crippen MR) is 335 cm³/mol. The largest absolute Gasteiger partial charge is 0.462 e. The molecule has 0 saturated heterocycles. The van der Waals surface area contributed by atoms with E-state index in [9.17, 15) is 14.4 Å². The van der Waals surface area contributed by atoms with E-state index in [-0.39, 0.29) is 31.1 Å². The van der Waals surface area contributed by atoms with Gasteiger partial charge < -0.3 is 14.2 Å². The van der Waals surface area contributed by atoms with Gasteiger partial charge in [-0.05, 0) is 83.5 Å². The number of carbonyl (C=O) groups is 3. The number of hydrogen-bond acceptors (Lipinski definition) is 6. The summed E-state index contributed by atoms with van der Waals surface area (Å²) < 4.78 is 17.0. The van der Waals surface area contributed by atoms with E-state index in [0.717, 1.165) is 89.9 Å². The highest BCUT2D eigenvalue weighted by atomic mass is 16.6. The molecule has 0 aromatic carbocycles. The molecule has 0 spiro atoms. The van der Waals surface area contributed by atoms with Gasteiger partial charge in [0.05, 0.1) is 0 Å². The molecule has 6 nitrogen and oxygen atoms in total.